The van der Waals surface area contributed by atoms with Gasteiger partial charge in [0.2, 0.25) is 0 Å². The van der Waals surface area contributed by atoms with Gasteiger partial charge in [0.05, 0.1) is 11.3 Å². The first kappa shape index (κ1) is 19.1. The fraction of sp³-hybridized carbons (Fsp3) is 0.261. The highest BCUT2D eigenvalue weighted by Gasteiger charge is 2.17. The number of benzene rings is 1. The molecule has 2 aromatic heterocycles. The van der Waals surface area contributed by atoms with Crippen molar-refractivity contribution in [1.29, 1.82) is 0 Å². The number of nitrogens with one attached hydrogen (secondary N) is 1. The highest BCUT2D eigenvalue weighted by molar-refractivity contribution is 5.94. The molecule has 1 saturated heterocycles. The van der Waals surface area contributed by atoms with Crippen LogP contribution >= 0.6 is 0 Å². The number of aromatic nitrogens is 2. The highest BCUT2D eigenvalue weighted by Crippen LogP contribution is 2.26. The average Bonchev–Trinajstić information content (AvgIpc) is 3.14. The lowest BCUT2D eigenvalue weighted by Crippen LogP contribution is -2.38. The Labute approximate surface area is 169 Å². The van der Waals surface area contributed by atoms with E-state index in [4.69, 9.17) is 9.26 Å². The van der Waals surface area contributed by atoms with E-state index in [0.29, 0.717) is 18.8 Å². The van der Waals surface area contributed by atoms with Gasteiger partial charge >= 0.3 is 0 Å². The monoisotopic (exact) mass is 389 g/mol. The van der Waals surface area contributed by atoms with E-state index < -0.39 is 0 Å². The molecule has 3 heterocycles. The maximum Gasteiger partial charge on any atom is 0.253 e. The average molecular weight is 389 g/mol. The van der Waals surface area contributed by atoms with Gasteiger partial charge in [-0.1, -0.05) is 35.5 Å². The predicted molar refractivity (Wildman–Crippen MR) is 111 cm³/mol. The van der Waals surface area contributed by atoms with Crippen molar-refractivity contribution in [2.24, 2.45) is 0 Å². The molecule has 29 heavy (non-hydrogen) atoms. The molecule has 1 aromatic carbocycles. The number of pyridine rings is 1. The van der Waals surface area contributed by atoms with Crippen LogP contribution in [0.25, 0.3) is 23.4 Å². The fourth-order valence-corrected chi connectivity index (χ4v) is 3.30. The summed E-state index contributed by atoms with van der Waals surface area (Å²) in [6.07, 6.45) is 7.14. The van der Waals surface area contributed by atoms with E-state index in [2.05, 4.69) is 15.5 Å². The predicted octanol–water partition coefficient (Wildman–Crippen LogP) is 4.12. The molecule has 0 bridgehead atoms. The second kappa shape index (κ2) is 8.84. The topological polar surface area (TPSA) is 77.2 Å². The molecule has 1 aliphatic heterocycles. The van der Waals surface area contributed by atoms with E-state index in [0.717, 1.165) is 41.1 Å². The van der Waals surface area contributed by atoms with Gasteiger partial charge in [0.15, 0.2) is 0 Å². The van der Waals surface area contributed by atoms with E-state index in [-0.39, 0.29) is 11.9 Å². The van der Waals surface area contributed by atoms with E-state index in [1.807, 2.05) is 55.5 Å². The lowest BCUT2D eigenvalue weighted by atomic mass is 10.1. The maximum atomic E-state index is 12.4. The molecule has 6 heteroatoms. The van der Waals surface area contributed by atoms with Crippen molar-refractivity contribution in [2.45, 2.75) is 25.8 Å². The first-order chi connectivity index (χ1) is 14.2. The van der Waals surface area contributed by atoms with Crippen LogP contribution in [0.1, 0.15) is 40.2 Å². The minimum atomic E-state index is -0.0961. The quantitative estimate of drug-likeness (QED) is 0.710. The van der Waals surface area contributed by atoms with Crippen LogP contribution in [0.4, 0.5) is 0 Å². The van der Waals surface area contributed by atoms with Gasteiger partial charge in [-0.15, -0.1) is 0 Å². The lowest BCUT2D eigenvalue weighted by Gasteiger charge is -2.23. The Hall–Kier alpha value is -3.25. The zero-order chi connectivity index (χ0) is 20.1. The van der Waals surface area contributed by atoms with Crippen LogP contribution in [-0.4, -0.2) is 35.3 Å². The van der Waals surface area contributed by atoms with Crippen molar-refractivity contribution in [3.05, 3.63) is 71.2 Å². The lowest BCUT2D eigenvalue weighted by molar-refractivity contribution is 0.0696. The molecule has 4 rings (SSSR count). The molecule has 0 aliphatic carbocycles. The standard InChI is InChI=1S/C23H23N3O3/c1-16-21(22(26-29-16)17-5-3-2-4-6-17)10-9-19-8-7-18(15-24-19)23(27)25-20-11-13-28-14-12-20/h2-10,15,20H,11-14H2,1H3,(H,25,27)/b10-9+. The third-order valence-corrected chi connectivity index (χ3v) is 4.98. The van der Waals surface area contributed by atoms with E-state index in [1.165, 1.54) is 0 Å². The maximum absolute atomic E-state index is 12.4. The SMILES string of the molecule is Cc1onc(-c2ccccc2)c1/C=C/c1ccc(C(=O)NC2CCOCC2)cn1. The number of hydrogen-bond acceptors (Lipinski definition) is 5. The summed E-state index contributed by atoms with van der Waals surface area (Å²) in [6, 6.07) is 13.7. The van der Waals surface area contributed by atoms with Crippen LogP contribution in [0, 0.1) is 6.92 Å². The number of carbonyl (C=O) groups is 1. The van der Waals surface area contributed by atoms with Gasteiger partial charge in [-0.25, -0.2) is 0 Å². The Morgan fingerprint density at radius 2 is 1.90 bits per heavy atom. The molecule has 0 unspecified atom stereocenters. The first-order valence-electron chi connectivity index (χ1n) is 9.75. The van der Waals surface area contributed by atoms with Gasteiger partial charge in [0.25, 0.3) is 5.91 Å². The van der Waals surface area contributed by atoms with Gasteiger partial charge in [-0.2, -0.15) is 0 Å². The van der Waals surface area contributed by atoms with Crippen LogP contribution in [-0.2, 0) is 4.74 Å². The van der Waals surface area contributed by atoms with Crippen molar-refractivity contribution >= 4 is 18.1 Å². The summed E-state index contributed by atoms with van der Waals surface area (Å²) in [5, 5.41) is 7.23. The van der Waals surface area contributed by atoms with Gasteiger partial charge in [0.1, 0.15) is 11.5 Å². The fourth-order valence-electron chi connectivity index (χ4n) is 3.30. The molecular formula is C23H23N3O3. The number of amides is 1. The van der Waals surface area contributed by atoms with Crippen LogP contribution < -0.4 is 5.32 Å². The Morgan fingerprint density at radius 3 is 2.62 bits per heavy atom. The Bertz CT molecular complexity index is 988. The number of rotatable bonds is 5. The summed E-state index contributed by atoms with van der Waals surface area (Å²) in [5.41, 5.74) is 4.02. The van der Waals surface area contributed by atoms with Crippen molar-refractivity contribution in [2.75, 3.05) is 13.2 Å². The largest absolute Gasteiger partial charge is 0.381 e. The van der Waals surface area contributed by atoms with Crippen LogP contribution in [0.2, 0.25) is 0 Å². The molecule has 1 fully saturated rings. The molecular weight excluding hydrogens is 366 g/mol. The number of nitrogens with zero attached hydrogens (tertiary/aromatic N) is 2. The molecule has 1 N–H and O–H groups in total. The number of hydrogen-bond donors (Lipinski definition) is 1. The third-order valence-electron chi connectivity index (χ3n) is 4.98. The normalized spacial score (nSPS) is 14.9. The van der Waals surface area contributed by atoms with E-state index in [9.17, 15) is 4.79 Å². The first-order valence-corrected chi connectivity index (χ1v) is 9.75. The van der Waals surface area contributed by atoms with Crippen molar-refractivity contribution < 1.29 is 14.1 Å². The third kappa shape index (κ3) is 4.60. The molecule has 6 nitrogen and oxygen atoms in total. The molecule has 0 spiro atoms. The summed E-state index contributed by atoms with van der Waals surface area (Å²) < 4.78 is 10.7. The molecule has 0 atom stereocenters. The summed E-state index contributed by atoms with van der Waals surface area (Å²) in [5.74, 6) is 0.647. The number of aryl methyl sites for hydroxylation is 1. The van der Waals surface area contributed by atoms with Crippen molar-refractivity contribution in [3.63, 3.8) is 0 Å². The summed E-state index contributed by atoms with van der Waals surface area (Å²) in [4.78, 5) is 16.8. The van der Waals surface area contributed by atoms with Gasteiger partial charge in [0, 0.05) is 36.6 Å². The molecule has 0 saturated carbocycles. The minimum absolute atomic E-state index is 0.0961. The molecule has 1 aliphatic rings. The summed E-state index contributed by atoms with van der Waals surface area (Å²) >= 11 is 0. The van der Waals surface area contributed by atoms with Crippen molar-refractivity contribution in [1.82, 2.24) is 15.5 Å². The van der Waals surface area contributed by atoms with Crippen LogP contribution in [0.3, 0.4) is 0 Å². The van der Waals surface area contributed by atoms with Gasteiger partial charge < -0.3 is 14.6 Å². The van der Waals surface area contributed by atoms with Crippen LogP contribution in [0.5, 0.6) is 0 Å². The second-order valence-electron chi connectivity index (χ2n) is 7.03. The van der Waals surface area contributed by atoms with Crippen molar-refractivity contribution in [3.8, 4) is 11.3 Å². The van der Waals surface area contributed by atoms with E-state index in [1.54, 1.807) is 12.3 Å². The number of ether oxygens (including phenoxy) is 1. The van der Waals surface area contributed by atoms with Gasteiger partial charge in [-0.05, 0) is 44.1 Å². The molecule has 1 amide bonds. The molecule has 148 valence electrons. The zero-order valence-electron chi connectivity index (χ0n) is 16.3. The zero-order valence-corrected chi connectivity index (χ0v) is 16.3. The summed E-state index contributed by atoms with van der Waals surface area (Å²) in [7, 11) is 0. The Kier molecular flexibility index (Phi) is 5.81. The number of carbonyl (C=O) groups excluding carboxylic acids is 1. The Morgan fingerprint density at radius 1 is 1.10 bits per heavy atom. The van der Waals surface area contributed by atoms with Crippen LogP contribution in [0.15, 0.2) is 53.2 Å². The smallest absolute Gasteiger partial charge is 0.253 e. The Balaban J connectivity index is 1.46. The molecule has 0 radical (unpaired) electrons. The highest BCUT2D eigenvalue weighted by atomic mass is 16.5. The summed E-state index contributed by atoms with van der Waals surface area (Å²) in [6.45, 7) is 3.27. The minimum Gasteiger partial charge on any atom is -0.381 e. The second-order valence-corrected chi connectivity index (χ2v) is 7.03. The molecule has 3 aromatic rings. The van der Waals surface area contributed by atoms with Gasteiger partial charge in [-0.3, -0.25) is 9.78 Å². The van der Waals surface area contributed by atoms with E-state index >= 15 is 0 Å².